The average molecular weight is 297 g/mol. The number of halogens is 1. The number of ether oxygens (including phenoxy) is 1. The number of piperidine rings is 1. The zero-order chi connectivity index (χ0) is 14.5. The summed E-state index contributed by atoms with van der Waals surface area (Å²) in [6.07, 6.45) is 0.963. The molecule has 2 amide bonds. The fourth-order valence-corrected chi connectivity index (χ4v) is 2.29. The van der Waals surface area contributed by atoms with Crippen LogP contribution in [0.2, 0.25) is 5.02 Å². The number of benzene rings is 1. The van der Waals surface area contributed by atoms with Crippen molar-refractivity contribution in [2.45, 2.75) is 19.8 Å². The molecule has 2 N–H and O–H groups in total. The zero-order valence-electron chi connectivity index (χ0n) is 11.2. The van der Waals surface area contributed by atoms with Crippen LogP contribution in [-0.4, -0.2) is 25.0 Å². The first kappa shape index (κ1) is 14.7. The summed E-state index contributed by atoms with van der Waals surface area (Å²) in [5.74, 6) is 0.290. The monoisotopic (exact) mass is 296 g/mol. The maximum atomic E-state index is 12.1. The number of rotatable bonds is 4. The number of nitrogens with one attached hydrogen (secondary N) is 2. The smallest absolute Gasteiger partial charge is 0.229 e. The Kier molecular flexibility index (Phi) is 4.84. The van der Waals surface area contributed by atoms with Crippen LogP contribution in [-0.2, 0) is 9.59 Å². The summed E-state index contributed by atoms with van der Waals surface area (Å²) < 4.78 is 5.33. The van der Waals surface area contributed by atoms with Crippen LogP contribution >= 0.6 is 11.6 Å². The van der Waals surface area contributed by atoms with Crippen molar-refractivity contribution >= 4 is 29.1 Å². The van der Waals surface area contributed by atoms with E-state index in [-0.39, 0.29) is 17.7 Å². The van der Waals surface area contributed by atoms with Gasteiger partial charge in [-0.2, -0.15) is 0 Å². The van der Waals surface area contributed by atoms with Crippen molar-refractivity contribution in [2.24, 2.45) is 5.92 Å². The van der Waals surface area contributed by atoms with Gasteiger partial charge < -0.3 is 15.4 Å². The highest BCUT2D eigenvalue weighted by atomic mass is 35.5. The van der Waals surface area contributed by atoms with Gasteiger partial charge in [-0.25, -0.2) is 0 Å². The molecule has 1 unspecified atom stereocenters. The number of hydrogen-bond donors (Lipinski definition) is 2. The van der Waals surface area contributed by atoms with Gasteiger partial charge in [0.2, 0.25) is 11.8 Å². The molecule has 0 aliphatic carbocycles. The van der Waals surface area contributed by atoms with E-state index < -0.39 is 0 Å². The predicted octanol–water partition coefficient (Wildman–Crippen LogP) is 2.20. The van der Waals surface area contributed by atoms with Crippen LogP contribution < -0.4 is 15.4 Å². The summed E-state index contributed by atoms with van der Waals surface area (Å²) in [5, 5.41) is 5.96. The Labute approximate surface area is 122 Å². The summed E-state index contributed by atoms with van der Waals surface area (Å²) >= 11 is 6.06. The van der Waals surface area contributed by atoms with Crippen LogP contribution in [0.15, 0.2) is 18.2 Å². The minimum atomic E-state index is -0.196. The van der Waals surface area contributed by atoms with Crippen LogP contribution in [0.5, 0.6) is 5.75 Å². The van der Waals surface area contributed by atoms with Crippen LogP contribution in [0.3, 0.4) is 0 Å². The molecule has 5 nitrogen and oxygen atoms in total. The van der Waals surface area contributed by atoms with Crippen molar-refractivity contribution in [1.82, 2.24) is 5.32 Å². The molecule has 1 heterocycles. The van der Waals surface area contributed by atoms with Crippen LogP contribution in [0.1, 0.15) is 19.8 Å². The van der Waals surface area contributed by atoms with Gasteiger partial charge in [-0.1, -0.05) is 11.6 Å². The second-order valence-corrected chi connectivity index (χ2v) is 5.01. The average Bonchev–Trinajstić information content (AvgIpc) is 2.42. The highest BCUT2D eigenvalue weighted by Crippen LogP contribution is 2.28. The van der Waals surface area contributed by atoms with Crippen molar-refractivity contribution in [2.75, 3.05) is 18.5 Å². The normalized spacial score (nSPS) is 18.3. The summed E-state index contributed by atoms with van der Waals surface area (Å²) in [6, 6.07) is 5.13. The fraction of sp³-hybridized carbons (Fsp3) is 0.429. The molecule has 1 aliphatic rings. The van der Waals surface area contributed by atoms with Crippen molar-refractivity contribution in [3.63, 3.8) is 0 Å². The van der Waals surface area contributed by atoms with E-state index in [2.05, 4.69) is 10.6 Å². The molecule has 0 radical (unpaired) electrons. The molecule has 6 heteroatoms. The molecule has 1 aliphatic heterocycles. The van der Waals surface area contributed by atoms with E-state index in [1.165, 1.54) is 0 Å². The van der Waals surface area contributed by atoms with Gasteiger partial charge in [-0.15, -0.1) is 0 Å². The van der Waals surface area contributed by atoms with E-state index in [4.69, 9.17) is 16.3 Å². The van der Waals surface area contributed by atoms with Crippen molar-refractivity contribution in [1.29, 1.82) is 0 Å². The molecule has 1 aromatic rings. The quantitative estimate of drug-likeness (QED) is 0.895. The molecular formula is C14H17ClN2O3. The Morgan fingerprint density at radius 2 is 2.35 bits per heavy atom. The Hall–Kier alpha value is -1.75. The van der Waals surface area contributed by atoms with Gasteiger partial charge in [-0.3, -0.25) is 9.59 Å². The number of carbonyl (C=O) groups is 2. The summed E-state index contributed by atoms with van der Waals surface area (Å²) in [6.45, 7) is 2.80. The third-order valence-corrected chi connectivity index (χ3v) is 3.43. The highest BCUT2D eigenvalue weighted by molar-refractivity contribution is 6.32. The Bertz CT molecular complexity index is 509. The highest BCUT2D eigenvalue weighted by Gasteiger charge is 2.24. The van der Waals surface area contributed by atoms with E-state index in [1.54, 1.807) is 18.2 Å². The minimum absolute atomic E-state index is 0.00170. The molecule has 108 valence electrons. The molecule has 1 aromatic carbocycles. The van der Waals surface area contributed by atoms with E-state index >= 15 is 0 Å². The lowest BCUT2D eigenvalue weighted by molar-refractivity contribution is -0.126. The van der Waals surface area contributed by atoms with Crippen molar-refractivity contribution in [3.8, 4) is 5.75 Å². The molecule has 0 saturated carbocycles. The van der Waals surface area contributed by atoms with E-state index in [0.29, 0.717) is 42.5 Å². The van der Waals surface area contributed by atoms with Crippen LogP contribution in [0, 0.1) is 5.92 Å². The molecule has 1 fully saturated rings. The molecule has 20 heavy (non-hydrogen) atoms. The van der Waals surface area contributed by atoms with Crippen molar-refractivity contribution in [3.05, 3.63) is 23.2 Å². The molecular weight excluding hydrogens is 280 g/mol. The SMILES string of the molecule is CCOc1ccc(NC(=O)C2CCC(=O)NC2)cc1Cl. The standard InChI is InChI=1S/C14H17ClN2O3/c1-2-20-12-5-4-10(7-11(12)15)17-14(19)9-3-6-13(18)16-8-9/h4-5,7,9H,2-3,6,8H2,1H3,(H,16,18)(H,17,19). The van der Waals surface area contributed by atoms with Gasteiger partial charge >= 0.3 is 0 Å². The van der Waals surface area contributed by atoms with E-state index in [9.17, 15) is 9.59 Å². The van der Waals surface area contributed by atoms with Gasteiger partial charge in [-0.05, 0) is 31.5 Å². The topological polar surface area (TPSA) is 67.4 Å². The number of anilines is 1. The van der Waals surface area contributed by atoms with Crippen LogP contribution in [0.4, 0.5) is 5.69 Å². The number of amides is 2. The lowest BCUT2D eigenvalue weighted by Gasteiger charge is -2.21. The first-order chi connectivity index (χ1) is 9.60. The van der Waals surface area contributed by atoms with Gasteiger partial charge in [0.25, 0.3) is 0 Å². The molecule has 0 bridgehead atoms. The fourth-order valence-electron chi connectivity index (χ4n) is 2.05. The Morgan fingerprint density at radius 3 is 2.95 bits per heavy atom. The molecule has 0 spiro atoms. The first-order valence-corrected chi connectivity index (χ1v) is 6.98. The van der Waals surface area contributed by atoms with Gasteiger partial charge in [0.15, 0.2) is 0 Å². The summed E-state index contributed by atoms with van der Waals surface area (Å²) in [7, 11) is 0. The number of hydrogen-bond acceptors (Lipinski definition) is 3. The second-order valence-electron chi connectivity index (χ2n) is 4.61. The largest absolute Gasteiger partial charge is 0.492 e. The maximum absolute atomic E-state index is 12.1. The Morgan fingerprint density at radius 1 is 1.55 bits per heavy atom. The third-order valence-electron chi connectivity index (χ3n) is 3.14. The van der Waals surface area contributed by atoms with E-state index in [1.807, 2.05) is 6.92 Å². The molecule has 0 aromatic heterocycles. The zero-order valence-corrected chi connectivity index (χ0v) is 12.0. The first-order valence-electron chi connectivity index (χ1n) is 6.60. The van der Waals surface area contributed by atoms with Crippen LogP contribution in [0.25, 0.3) is 0 Å². The predicted molar refractivity (Wildman–Crippen MR) is 77.0 cm³/mol. The minimum Gasteiger partial charge on any atom is -0.492 e. The van der Waals surface area contributed by atoms with E-state index in [0.717, 1.165) is 0 Å². The lowest BCUT2D eigenvalue weighted by atomic mass is 9.98. The molecule has 1 atom stereocenters. The summed E-state index contributed by atoms with van der Waals surface area (Å²) in [5.41, 5.74) is 0.625. The summed E-state index contributed by atoms with van der Waals surface area (Å²) in [4.78, 5) is 23.1. The Balaban J connectivity index is 1.97. The van der Waals surface area contributed by atoms with Gasteiger partial charge in [0.05, 0.1) is 17.5 Å². The van der Waals surface area contributed by atoms with Crippen molar-refractivity contribution < 1.29 is 14.3 Å². The van der Waals surface area contributed by atoms with Gasteiger partial charge in [0.1, 0.15) is 5.75 Å². The second kappa shape index (κ2) is 6.61. The lowest BCUT2D eigenvalue weighted by Crippen LogP contribution is -2.40. The molecule has 1 saturated heterocycles. The third kappa shape index (κ3) is 3.63. The maximum Gasteiger partial charge on any atom is 0.229 e. The number of carbonyl (C=O) groups excluding carboxylic acids is 2. The molecule has 2 rings (SSSR count). The van der Waals surface area contributed by atoms with Gasteiger partial charge in [0, 0.05) is 18.7 Å².